The zero-order valence-corrected chi connectivity index (χ0v) is 15.0. The van der Waals surface area contributed by atoms with Gasteiger partial charge in [0, 0.05) is 30.9 Å². The normalized spacial score (nSPS) is 18.2. The molecule has 0 bridgehead atoms. The summed E-state index contributed by atoms with van der Waals surface area (Å²) in [6.45, 7) is 9.99. The van der Waals surface area contributed by atoms with Crippen molar-refractivity contribution < 1.29 is 9.59 Å². The van der Waals surface area contributed by atoms with Gasteiger partial charge in [-0.25, -0.2) is 0 Å². The van der Waals surface area contributed by atoms with Crippen LogP contribution in [0, 0.1) is 5.92 Å². The van der Waals surface area contributed by atoms with E-state index in [-0.39, 0.29) is 11.8 Å². The Labute approximate surface area is 145 Å². The lowest BCUT2D eigenvalue weighted by atomic mass is 10.0. The topological polar surface area (TPSA) is 52.7 Å². The number of nitrogens with zero attached hydrogens (tertiary/aromatic N) is 2. The van der Waals surface area contributed by atoms with Gasteiger partial charge in [0.15, 0.2) is 0 Å². The van der Waals surface area contributed by atoms with Gasteiger partial charge in [0.2, 0.25) is 5.91 Å². The number of hydrogen-bond acceptors (Lipinski definition) is 3. The number of carbonyl (C=O) groups excluding carboxylic acids is 2. The fraction of sp³-hybridized carbons (Fsp3) is 0.579. The third-order valence-electron chi connectivity index (χ3n) is 4.57. The molecule has 1 aromatic rings. The molecule has 0 aromatic heterocycles. The highest BCUT2D eigenvalue weighted by atomic mass is 16.2. The first-order valence-electron chi connectivity index (χ1n) is 8.95. The van der Waals surface area contributed by atoms with E-state index in [4.69, 9.17) is 0 Å². The predicted molar refractivity (Wildman–Crippen MR) is 97.2 cm³/mol. The molecule has 1 N–H and O–H groups in total. The van der Waals surface area contributed by atoms with Crippen molar-refractivity contribution in [1.29, 1.82) is 0 Å². The molecule has 1 heterocycles. The van der Waals surface area contributed by atoms with Gasteiger partial charge in [0.05, 0.1) is 6.54 Å². The lowest BCUT2D eigenvalue weighted by Gasteiger charge is -2.30. The van der Waals surface area contributed by atoms with E-state index in [0.717, 1.165) is 25.2 Å². The maximum Gasteiger partial charge on any atom is 0.253 e. The molecular weight excluding hydrogens is 302 g/mol. The van der Waals surface area contributed by atoms with E-state index in [1.807, 2.05) is 13.8 Å². The molecule has 5 nitrogen and oxygen atoms in total. The molecule has 0 saturated carbocycles. The minimum atomic E-state index is 0.00641. The van der Waals surface area contributed by atoms with Gasteiger partial charge in [-0.15, -0.1) is 0 Å². The number of amides is 2. The van der Waals surface area contributed by atoms with E-state index in [1.54, 1.807) is 29.2 Å². The van der Waals surface area contributed by atoms with Crippen LogP contribution in [0.5, 0.6) is 0 Å². The molecule has 0 radical (unpaired) electrons. The molecule has 0 unspecified atom stereocenters. The Morgan fingerprint density at radius 2 is 1.88 bits per heavy atom. The number of anilines is 1. The Hall–Kier alpha value is -1.88. The summed E-state index contributed by atoms with van der Waals surface area (Å²) in [5.41, 5.74) is 1.39. The Bertz CT molecular complexity index is 552. The van der Waals surface area contributed by atoms with Crippen LogP contribution in [0.3, 0.4) is 0 Å². The first-order valence-corrected chi connectivity index (χ1v) is 8.95. The SMILES string of the molecule is CCN(CC)C(=O)c1ccc(NC(=O)CN2CCC[C@@H](C)C2)cc1. The van der Waals surface area contributed by atoms with E-state index >= 15 is 0 Å². The highest BCUT2D eigenvalue weighted by Gasteiger charge is 2.18. The first-order chi connectivity index (χ1) is 11.5. The van der Waals surface area contributed by atoms with E-state index in [9.17, 15) is 9.59 Å². The fourth-order valence-corrected chi connectivity index (χ4v) is 3.22. The van der Waals surface area contributed by atoms with Gasteiger partial charge in [0.1, 0.15) is 0 Å². The average Bonchev–Trinajstić information content (AvgIpc) is 2.56. The van der Waals surface area contributed by atoms with Gasteiger partial charge < -0.3 is 10.2 Å². The van der Waals surface area contributed by atoms with Crippen LogP contribution in [0.4, 0.5) is 5.69 Å². The number of hydrogen-bond donors (Lipinski definition) is 1. The van der Waals surface area contributed by atoms with Crippen LogP contribution in [0.1, 0.15) is 44.0 Å². The number of piperidine rings is 1. The van der Waals surface area contributed by atoms with Gasteiger partial charge in [-0.05, 0) is 63.4 Å². The van der Waals surface area contributed by atoms with Crippen molar-refractivity contribution in [1.82, 2.24) is 9.80 Å². The molecule has 1 fully saturated rings. The third kappa shape index (κ3) is 5.06. The van der Waals surface area contributed by atoms with Crippen molar-refractivity contribution >= 4 is 17.5 Å². The van der Waals surface area contributed by atoms with Crippen molar-refractivity contribution in [2.45, 2.75) is 33.6 Å². The fourth-order valence-electron chi connectivity index (χ4n) is 3.22. The molecule has 1 aliphatic heterocycles. The van der Waals surface area contributed by atoms with E-state index < -0.39 is 0 Å². The molecule has 1 saturated heterocycles. The number of benzene rings is 1. The molecule has 0 aliphatic carbocycles. The van der Waals surface area contributed by atoms with E-state index in [2.05, 4.69) is 17.1 Å². The van der Waals surface area contributed by atoms with Crippen molar-refractivity contribution in [3.63, 3.8) is 0 Å². The Kier molecular flexibility index (Phi) is 6.79. The molecule has 1 atom stereocenters. The molecule has 2 amide bonds. The van der Waals surface area contributed by atoms with Crippen molar-refractivity contribution in [3.05, 3.63) is 29.8 Å². The first kappa shape index (κ1) is 18.5. The van der Waals surface area contributed by atoms with Crippen LogP contribution < -0.4 is 5.32 Å². The molecule has 24 heavy (non-hydrogen) atoms. The largest absolute Gasteiger partial charge is 0.339 e. The van der Waals surface area contributed by atoms with Crippen molar-refractivity contribution in [2.24, 2.45) is 5.92 Å². The summed E-state index contributed by atoms with van der Waals surface area (Å²) in [7, 11) is 0. The monoisotopic (exact) mass is 331 g/mol. The minimum Gasteiger partial charge on any atom is -0.339 e. The van der Waals surface area contributed by atoms with Gasteiger partial charge >= 0.3 is 0 Å². The van der Waals surface area contributed by atoms with Crippen LogP contribution in [0.25, 0.3) is 0 Å². The average molecular weight is 331 g/mol. The standard InChI is InChI=1S/C19H29N3O2/c1-4-22(5-2)19(24)16-8-10-17(11-9-16)20-18(23)14-21-12-6-7-15(3)13-21/h8-11,15H,4-7,12-14H2,1-3H3,(H,20,23)/t15-/m1/s1. The summed E-state index contributed by atoms with van der Waals surface area (Å²) in [4.78, 5) is 28.4. The quantitative estimate of drug-likeness (QED) is 0.872. The zero-order chi connectivity index (χ0) is 17.5. The highest BCUT2D eigenvalue weighted by Crippen LogP contribution is 2.16. The lowest BCUT2D eigenvalue weighted by Crippen LogP contribution is -2.39. The molecule has 5 heteroatoms. The molecule has 1 aromatic carbocycles. The van der Waals surface area contributed by atoms with Crippen LogP contribution in [0.2, 0.25) is 0 Å². The summed E-state index contributed by atoms with van der Waals surface area (Å²) in [6, 6.07) is 7.15. The Morgan fingerprint density at radius 3 is 2.46 bits per heavy atom. The molecule has 132 valence electrons. The number of likely N-dealkylation sites (tertiary alicyclic amines) is 1. The van der Waals surface area contributed by atoms with Crippen molar-refractivity contribution in [3.8, 4) is 0 Å². The summed E-state index contributed by atoms with van der Waals surface area (Å²) in [5.74, 6) is 0.698. The smallest absolute Gasteiger partial charge is 0.253 e. The van der Waals surface area contributed by atoms with E-state index in [1.165, 1.54) is 6.42 Å². The highest BCUT2D eigenvalue weighted by molar-refractivity contribution is 5.96. The number of carbonyl (C=O) groups is 2. The summed E-state index contributed by atoms with van der Waals surface area (Å²) in [5, 5.41) is 2.92. The van der Waals surface area contributed by atoms with Gasteiger partial charge in [0.25, 0.3) is 5.91 Å². The Balaban J connectivity index is 1.89. The second kappa shape index (κ2) is 8.83. The zero-order valence-electron chi connectivity index (χ0n) is 15.0. The predicted octanol–water partition coefficient (Wildman–Crippen LogP) is 2.84. The maximum absolute atomic E-state index is 12.3. The minimum absolute atomic E-state index is 0.00641. The van der Waals surface area contributed by atoms with Crippen molar-refractivity contribution in [2.75, 3.05) is 38.0 Å². The summed E-state index contributed by atoms with van der Waals surface area (Å²) in [6.07, 6.45) is 2.41. The third-order valence-corrected chi connectivity index (χ3v) is 4.57. The molecule has 1 aliphatic rings. The number of nitrogens with one attached hydrogen (secondary N) is 1. The molecular formula is C19H29N3O2. The van der Waals surface area contributed by atoms with Gasteiger partial charge in [-0.3, -0.25) is 14.5 Å². The van der Waals surface area contributed by atoms with Gasteiger partial charge in [-0.1, -0.05) is 6.92 Å². The second-order valence-electron chi connectivity index (χ2n) is 6.59. The molecule has 0 spiro atoms. The van der Waals surface area contributed by atoms with E-state index in [0.29, 0.717) is 31.1 Å². The lowest BCUT2D eigenvalue weighted by molar-refractivity contribution is -0.117. The number of rotatable bonds is 6. The van der Waals surface area contributed by atoms with Crippen LogP contribution >= 0.6 is 0 Å². The second-order valence-corrected chi connectivity index (χ2v) is 6.59. The maximum atomic E-state index is 12.3. The van der Waals surface area contributed by atoms with Crippen LogP contribution in [-0.2, 0) is 4.79 Å². The van der Waals surface area contributed by atoms with Crippen LogP contribution in [-0.4, -0.2) is 54.3 Å². The summed E-state index contributed by atoms with van der Waals surface area (Å²) < 4.78 is 0. The summed E-state index contributed by atoms with van der Waals surface area (Å²) >= 11 is 0. The molecule has 2 rings (SSSR count). The van der Waals surface area contributed by atoms with Crippen LogP contribution in [0.15, 0.2) is 24.3 Å². The Morgan fingerprint density at radius 1 is 1.21 bits per heavy atom. The van der Waals surface area contributed by atoms with Gasteiger partial charge in [-0.2, -0.15) is 0 Å².